The molecular weight excluding hydrogens is 192 g/mol. The summed E-state index contributed by atoms with van der Waals surface area (Å²) in [5.41, 5.74) is 8.45. The van der Waals surface area contributed by atoms with E-state index in [-0.39, 0.29) is 17.7 Å². The van der Waals surface area contributed by atoms with Crippen LogP contribution in [0.15, 0.2) is 5.11 Å². The highest BCUT2D eigenvalue weighted by Gasteiger charge is 2.28. The lowest BCUT2D eigenvalue weighted by Crippen LogP contribution is -2.44. The maximum atomic E-state index is 9.80. The van der Waals surface area contributed by atoms with Crippen LogP contribution >= 0.6 is 0 Å². The van der Waals surface area contributed by atoms with E-state index in [0.29, 0.717) is 13.0 Å². The van der Waals surface area contributed by atoms with Crippen molar-refractivity contribution in [2.24, 2.45) is 5.11 Å². The standard InChI is InChI=1S/C10H20N4O/c1-10(2,3)14-5-4-8(12-13-11)6-9(15)7-14/h8-9,15H,4-7H2,1-3H3. The first-order chi connectivity index (χ1) is 6.93. The van der Waals surface area contributed by atoms with Gasteiger partial charge in [-0.25, -0.2) is 0 Å². The molecular formula is C10H20N4O. The highest BCUT2D eigenvalue weighted by atomic mass is 16.3. The first kappa shape index (κ1) is 12.3. The Hall–Kier alpha value is -0.770. The van der Waals surface area contributed by atoms with Crippen LogP contribution in [0, 0.1) is 0 Å². The lowest BCUT2D eigenvalue weighted by Gasteiger charge is -2.35. The third kappa shape index (κ3) is 3.70. The SMILES string of the molecule is CC(C)(C)N1CCC(N=[N+]=[N-])CC(O)C1. The third-order valence-electron chi connectivity index (χ3n) is 2.87. The monoisotopic (exact) mass is 212 g/mol. The summed E-state index contributed by atoms with van der Waals surface area (Å²) in [7, 11) is 0. The van der Waals surface area contributed by atoms with E-state index in [1.807, 2.05) is 0 Å². The number of nitrogens with zero attached hydrogens (tertiary/aromatic N) is 4. The zero-order valence-corrected chi connectivity index (χ0v) is 9.72. The van der Waals surface area contributed by atoms with Gasteiger partial charge in [-0.2, -0.15) is 0 Å². The first-order valence-electron chi connectivity index (χ1n) is 5.41. The molecule has 5 heteroatoms. The number of hydrogen-bond donors (Lipinski definition) is 1. The number of β-amino-alcohol motifs (C(OH)–C–C–N with tert-alkyl or cyclic N) is 1. The van der Waals surface area contributed by atoms with Gasteiger partial charge < -0.3 is 5.11 Å². The molecule has 15 heavy (non-hydrogen) atoms. The van der Waals surface area contributed by atoms with E-state index in [0.717, 1.165) is 13.0 Å². The van der Waals surface area contributed by atoms with Crippen LogP contribution in [0.25, 0.3) is 10.4 Å². The summed E-state index contributed by atoms with van der Waals surface area (Å²) < 4.78 is 0. The Morgan fingerprint density at radius 2 is 2.13 bits per heavy atom. The van der Waals surface area contributed by atoms with Crippen molar-refractivity contribution in [3.8, 4) is 0 Å². The van der Waals surface area contributed by atoms with Gasteiger partial charge in [-0.3, -0.25) is 4.90 Å². The number of rotatable bonds is 1. The van der Waals surface area contributed by atoms with E-state index in [9.17, 15) is 5.11 Å². The average Bonchev–Trinajstić information content (AvgIpc) is 2.26. The fraction of sp³-hybridized carbons (Fsp3) is 1.00. The van der Waals surface area contributed by atoms with Gasteiger partial charge in [0.05, 0.1) is 6.10 Å². The summed E-state index contributed by atoms with van der Waals surface area (Å²) in [4.78, 5) is 5.06. The Balaban J connectivity index is 2.66. The molecule has 0 spiro atoms. The maximum absolute atomic E-state index is 9.80. The zero-order chi connectivity index (χ0) is 11.5. The normalized spacial score (nSPS) is 29.3. The van der Waals surface area contributed by atoms with Crippen LogP contribution in [-0.2, 0) is 0 Å². The molecule has 2 atom stereocenters. The van der Waals surface area contributed by atoms with Crippen molar-refractivity contribution >= 4 is 0 Å². The summed E-state index contributed by atoms with van der Waals surface area (Å²) in [6.07, 6.45) is 1.02. The van der Waals surface area contributed by atoms with Crippen molar-refractivity contribution in [3.63, 3.8) is 0 Å². The van der Waals surface area contributed by atoms with Crippen LogP contribution in [0.3, 0.4) is 0 Å². The van der Waals surface area contributed by atoms with Gasteiger partial charge in [-0.1, -0.05) is 5.11 Å². The Morgan fingerprint density at radius 1 is 1.47 bits per heavy atom. The number of likely N-dealkylation sites (tertiary alicyclic amines) is 1. The highest BCUT2D eigenvalue weighted by Crippen LogP contribution is 2.21. The summed E-state index contributed by atoms with van der Waals surface area (Å²) in [6.45, 7) is 7.94. The van der Waals surface area contributed by atoms with Crippen molar-refractivity contribution < 1.29 is 5.11 Å². The average molecular weight is 212 g/mol. The van der Waals surface area contributed by atoms with E-state index >= 15 is 0 Å². The molecule has 0 aromatic rings. The molecule has 5 nitrogen and oxygen atoms in total. The minimum absolute atomic E-state index is 0.0580. The lowest BCUT2D eigenvalue weighted by molar-refractivity contribution is 0.0695. The van der Waals surface area contributed by atoms with E-state index in [2.05, 4.69) is 35.7 Å². The minimum Gasteiger partial charge on any atom is -0.392 e. The lowest BCUT2D eigenvalue weighted by atomic mass is 10.1. The predicted octanol–water partition coefficient (Wildman–Crippen LogP) is 1.92. The van der Waals surface area contributed by atoms with Crippen LogP contribution in [0.2, 0.25) is 0 Å². The number of azide groups is 1. The van der Waals surface area contributed by atoms with Gasteiger partial charge in [0.1, 0.15) is 0 Å². The molecule has 0 aromatic carbocycles. The third-order valence-corrected chi connectivity index (χ3v) is 2.87. The van der Waals surface area contributed by atoms with Gasteiger partial charge in [0, 0.05) is 23.0 Å². The van der Waals surface area contributed by atoms with Crippen LogP contribution in [0.5, 0.6) is 0 Å². The molecule has 1 rings (SSSR count). The van der Waals surface area contributed by atoms with Crippen LogP contribution in [-0.4, -0.2) is 40.8 Å². The molecule has 1 heterocycles. The minimum atomic E-state index is -0.387. The second-order valence-electron chi connectivity index (χ2n) is 5.15. The van der Waals surface area contributed by atoms with Crippen molar-refractivity contribution in [2.45, 2.75) is 51.3 Å². The second-order valence-corrected chi connectivity index (χ2v) is 5.15. The van der Waals surface area contributed by atoms with Crippen LogP contribution < -0.4 is 0 Å². The summed E-state index contributed by atoms with van der Waals surface area (Å²) in [5.74, 6) is 0. The Bertz CT molecular complexity index is 255. The largest absolute Gasteiger partial charge is 0.392 e. The van der Waals surface area contributed by atoms with Crippen molar-refractivity contribution in [1.82, 2.24) is 4.90 Å². The number of aliphatic hydroxyl groups excluding tert-OH is 1. The molecule has 0 saturated carbocycles. The quantitative estimate of drug-likeness (QED) is 0.409. The molecule has 86 valence electrons. The summed E-state index contributed by atoms with van der Waals surface area (Å²) >= 11 is 0. The fourth-order valence-corrected chi connectivity index (χ4v) is 1.94. The smallest absolute Gasteiger partial charge is 0.0671 e. The maximum Gasteiger partial charge on any atom is 0.0671 e. The molecule has 1 saturated heterocycles. The van der Waals surface area contributed by atoms with E-state index in [1.54, 1.807) is 0 Å². The molecule has 0 bridgehead atoms. The van der Waals surface area contributed by atoms with Crippen molar-refractivity contribution in [1.29, 1.82) is 0 Å². The van der Waals surface area contributed by atoms with E-state index < -0.39 is 0 Å². The van der Waals surface area contributed by atoms with E-state index in [1.165, 1.54) is 0 Å². The second kappa shape index (κ2) is 4.84. The molecule has 0 aromatic heterocycles. The van der Waals surface area contributed by atoms with Crippen molar-refractivity contribution in [2.75, 3.05) is 13.1 Å². The van der Waals surface area contributed by atoms with Gasteiger partial charge >= 0.3 is 0 Å². The van der Waals surface area contributed by atoms with Crippen LogP contribution in [0.4, 0.5) is 0 Å². The molecule has 2 unspecified atom stereocenters. The Morgan fingerprint density at radius 3 is 2.67 bits per heavy atom. The molecule has 1 aliphatic rings. The summed E-state index contributed by atoms with van der Waals surface area (Å²) in [5, 5.41) is 13.5. The molecule has 0 aliphatic carbocycles. The fourth-order valence-electron chi connectivity index (χ4n) is 1.94. The van der Waals surface area contributed by atoms with Crippen molar-refractivity contribution in [3.05, 3.63) is 10.4 Å². The van der Waals surface area contributed by atoms with Gasteiger partial charge in [-0.05, 0) is 45.7 Å². The van der Waals surface area contributed by atoms with Crippen LogP contribution in [0.1, 0.15) is 33.6 Å². The number of hydrogen-bond acceptors (Lipinski definition) is 3. The predicted molar refractivity (Wildman–Crippen MR) is 59.5 cm³/mol. The topological polar surface area (TPSA) is 72.2 Å². The Labute approximate surface area is 90.7 Å². The molecule has 1 N–H and O–H groups in total. The zero-order valence-electron chi connectivity index (χ0n) is 9.72. The molecule has 0 amide bonds. The first-order valence-corrected chi connectivity index (χ1v) is 5.41. The van der Waals surface area contributed by atoms with Gasteiger partial charge in [0.25, 0.3) is 0 Å². The Kier molecular flexibility index (Phi) is 3.97. The van der Waals surface area contributed by atoms with Gasteiger partial charge in [-0.15, -0.1) is 0 Å². The van der Waals surface area contributed by atoms with E-state index in [4.69, 9.17) is 5.53 Å². The van der Waals surface area contributed by atoms with Gasteiger partial charge in [0.15, 0.2) is 0 Å². The molecule has 0 radical (unpaired) electrons. The molecule has 1 aliphatic heterocycles. The number of aliphatic hydroxyl groups is 1. The van der Waals surface area contributed by atoms with Gasteiger partial charge in [0.2, 0.25) is 0 Å². The summed E-state index contributed by atoms with van der Waals surface area (Å²) in [6, 6.07) is -0.0580. The highest BCUT2D eigenvalue weighted by molar-refractivity contribution is 4.85. The molecule has 1 fully saturated rings.